The smallest absolute Gasteiger partial charge is 0.287 e. The third-order valence-electron chi connectivity index (χ3n) is 6.11. The second-order valence-electron chi connectivity index (χ2n) is 8.52. The number of halogens is 2. The second-order valence-corrected chi connectivity index (χ2v) is 11.2. The molecule has 2 aromatic heterocycles. The molecule has 2 aliphatic heterocycles. The van der Waals surface area contributed by atoms with Crippen molar-refractivity contribution in [3.05, 3.63) is 44.6 Å². The Kier molecular flexibility index (Phi) is 7.59. The minimum Gasteiger partial charge on any atom is -0.382 e. The van der Waals surface area contributed by atoms with Crippen molar-refractivity contribution in [2.24, 2.45) is 5.92 Å². The van der Waals surface area contributed by atoms with E-state index >= 15 is 0 Å². The Labute approximate surface area is 203 Å². The van der Waals surface area contributed by atoms with Gasteiger partial charge in [-0.2, -0.15) is 9.40 Å². The lowest BCUT2D eigenvalue weighted by Gasteiger charge is -2.31. The molecule has 0 aliphatic carbocycles. The number of piperidine rings is 1. The average Bonchev–Trinajstić information content (AvgIpc) is 2.82. The zero-order valence-corrected chi connectivity index (χ0v) is 20.7. The van der Waals surface area contributed by atoms with Crippen LogP contribution in [-0.2, 0) is 14.8 Å². The predicted molar refractivity (Wildman–Crippen MR) is 127 cm³/mol. The summed E-state index contributed by atoms with van der Waals surface area (Å²) in [4.78, 5) is 16.8. The number of anilines is 1. The summed E-state index contributed by atoms with van der Waals surface area (Å²) in [7, 11) is -3.78. The fourth-order valence-electron chi connectivity index (χ4n) is 4.22. The molecule has 4 heterocycles. The molecule has 0 unspecified atom stereocenters. The van der Waals surface area contributed by atoms with E-state index in [1.165, 1.54) is 21.3 Å². The van der Waals surface area contributed by atoms with Crippen LogP contribution in [0.4, 0.5) is 5.69 Å². The van der Waals surface area contributed by atoms with E-state index < -0.39 is 10.0 Å². The van der Waals surface area contributed by atoms with Crippen molar-refractivity contribution in [1.82, 2.24) is 19.1 Å². The second kappa shape index (κ2) is 10.3. The largest absolute Gasteiger partial charge is 0.382 e. The van der Waals surface area contributed by atoms with Crippen molar-refractivity contribution in [3.63, 3.8) is 0 Å². The molecular formula is C21H27Cl2N5O4S. The number of nitrogens with one attached hydrogen (secondary N) is 1. The first kappa shape index (κ1) is 24.4. The van der Waals surface area contributed by atoms with Gasteiger partial charge in [-0.1, -0.05) is 23.2 Å². The molecule has 2 saturated heterocycles. The van der Waals surface area contributed by atoms with Gasteiger partial charge in [0.05, 0.1) is 24.5 Å². The minimum atomic E-state index is -3.78. The summed E-state index contributed by atoms with van der Waals surface area (Å²) in [6, 6.07) is 1.28. The van der Waals surface area contributed by atoms with E-state index in [4.69, 9.17) is 27.9 Å². The Morgan fingerprint density at radius 2 is 1.97 bits per heavy atom. The number of nitrogens with zero attached hydrogens (tertiary/aromatic N) is 4. The first-order valence-electron chi connectivity index (χ1n) is 11.0. The number of aromatic nitrogens is 3. The van der Waals surface area contributed by atoms with E-state index in [9.17, 15) is 13.2 Å². The van der Waals surface area contributed by atoms with Crippen LogP contribution in [-0.4, -0.2) is 60.3 Å². The van der Waals surface area contributed by atoms with Crippen molar-refractivity contribution in [2.75, 3.05) is 38.2 Å². The van der Waals surface area contributed by atoms with Crippen LogP contribution in [0.1, 0.15) is 37.3 Å². The van der Waals surface area contributed by atoms with Gasteiger partial charge in [0.1, 0.15) is 15.1 Å². The molecule has 2 aromatic rings. The highest BCUT2D eigenvalue weighted by Crippen LogP contribution is 2.29. The Bertz CT molecular complexity index is 1160. The van der Waals surface area contributed by atoms with E-state index in [2.05, 4.69) is 15.4 Å². The lowest BCUT2D eigenvalue weighted by atomic mass is 10.0. The fourth-order valence-corrected chi connectivity index (χ4v) is 6.39. The van der Waals surface area contributed by atoms with E-state index in [1.54, 1.807) is 13.1 Å². The van der Waals surface area contributed by atoms with Crippen LogP contribution < -0.4 is 10.9 Å². The minimum absolute atomic E-state index is 0.000235. The molecule has 0 amide bonds. The highest BCUT2D eigenvalue weighted by molar-refractivity contribution is 7.89. The molecule has 0 aromatic carbocycles. The Morgan fingerprint density at radius 1 is 1.21 bits per heavy atom. The van der Waals surface area contributed by atoms with E-state index in [-0.39, 0.29) is 39.8 Å². The summed E-state index contributed by atoms with van der Waals surface area (Å²) in [6.07, 6.45) is 6.06. The van der Waals surface area contributed by atoms with Gasteiger partial charge < -0.3 is 10.1 Å². The number of ether oxygens (including phenoxy) is 1. The molecule has 1 N–H and O–H groups in total. The first-order chi connectivity index (χ1) is 15.8. The Balaban J connectivity index is 1.42. The number of hydrogen-bond donors (Lipinski definition) is 1. The maximum atomic E-state index is 13.1. The van der Waals surface area contributed by atoms with E-state index in [1.807, 2.05) is 0 Å². The standard InChI is InChI=1S/C21H27Cl2N5O4S/c1-14-9-18(20(23)25-10-14)33(30,31)27-6-4-16(5-7-27)28-21(29)19(22)17(12-26-28)24-11-15-3-2-8-32-13-15/h9-10,12,15-16,24H,2-8,11,13H2,1H3/t15-/m1/s1. The van der Waals surface area contributed by atoms with Crippen molar-refractivity contribution >= 4 is 38.9 Å². The topological polar surface area (TPSA) is 106 Å². The molecule has 0 spiro atoms. The Hall–Kier alpha value is -1.72. The van der Waals surface area contributed by atoms with Crippen LogP contribution >= 0.6 is 23.2 Å². The zero-order chi connectivity index (χ0) is 23.6. The van der Waals surface area contributed by atoms with Crippen LogP contribution in [0.2, 0.25) is 10.2 Å². The molecule has 180 valence electrons. The maximum absolute atomic E-state index is 13.1. The number of rotatable bonds is 6. The quantitative estimate of drug-likeness (QED) is 0.588. The summed E-state index contributed by atoms with van der Waals surface area (Å²) < 4.78 is 34.3. The molecule has 4 rings (SSSR count). The normalized spacial score (nSPS) is 20.6. The van der Waals surface area contributed by atoms with Gasteiger partial charge >= 0.3 is 0 Å². The number of hydrogen-bond acceptors (Lipinski definition) is 7. The van der Waals surface area contributed by atoms with Gasteiger partial charge in [0, 0.05) is 32.4 Å². The van der Waals surface area contributed by atoms with E-state index in [0.29, 0.717) is 43.2 Å². The van der Waals surface area contributed by atoms with Gasteiger partial charge in [-0.3, -0.25) is 4.79 Å². The maximum Gasteiger partial charge on any atom is 0.287 e. The molecule has 2 aliphatic rings. The summed E-state index contributed by atoms with van der Waals surface area (Å²) in [6.45, 7) is 4.40. The highest BCUT2D eigenvalue weighted by atomic mass is 35.5. The highest BCUT2D eigenvalue weighted by Gasteiger charge is 2.33. The van der Waals surface area contributed by atoms with Crippen molar-refractivity contribution < 1.29 is 13.2 Å². The molecule has 0 radical (unpaired) electrons. The van der Waals surface area contributed by atoms with Crippen LogP contribution in [0.25, 0.3) is 0 Å². The molecule has 12 heteroatoms. The average molecular weight is 516 g/mol. The number of aryl methyl sites for hydroxylation is 1. The molecule has 0 bridgehead atoms. The molecule has 1 atom stereocenters. The Morgan fingerprint density at radius 3 is 2.67 bits per heavy atom. The SMILES string of the molecule is Cc1cnc(Cl)c(S(=O)(=O)N2CCC(n3ncc(NC[C@H]4CCCOC4)c(Cl)c3=O)CC2)c1. The number of pyridine rings is 1. The third kappa shape index (κ3) is 5.35. The van der Waals surface area contributed by atoms with E-state index in [0.717, 1.165) is 19.4 Å². The van der Waals surface area contributed by atoms with Crippen LogP contribution in [0, 0.1) is 12.8 Å². The summed E-state index contributed by atoms with van der Waals surface area (Å²) in [5, 5.41) is 7.59. The molecule has 0 saturated carbocycles. The van der Waals surface area contributed by atoms with Gasteiger partial charge in [0.25, 0.3) is 5.56 Å². The van der Waals surface area contributed by atoms with Crippen LogP contribution in [0.5, 0.6) is 0 Å². The summed E-state index contributed by atoms with van der Waals surface area (Å²) in [5.74, 6) is 0.376. The van der Waals surface area contributed by atoms with Crippen LogP contribution in [0.3, 0.4) is 0 Å². The fraction of sp³-hybridized carbons (Fsp3) is 0.571. The lowest BCUT2D eigenvalue weighted by molar-refractivity contribution is 0.0595. The van der Waals surface area contributed by atoms with Crippen LogP contribution in [0.15, 0.2) is 28.2 Å². The van der Waals surface area contributed by atoms with Crippen molar-refractivity contribution in [3.8, 4) is 0 Å². The van der Waals surface area contributed by atoms with Crippen molar-refractivity contribution in [2.45, 2.75) is 43.5 Å². The molecule has 33 heavy (non-hydrogen) atoms. The monoisotopic (exact) mass is 515 g/mol. The van der Waals surface area contributed by atoms with Gasteiger partial charge in [0.2, 0.25) is 10.0 Å². The number of sulfonamides is 1. The summed E-state index contributed by atoms with van der Waals surface area (Å²) in [5.41, 5.74) is 0.835. The lowest BCUT2D eigenvalue weighted by Crippen LogP contribution is -2.41. The van der Waals surface area contributed by atoms with Gasteiger partial charge in [-0.15, -0.1) is 0 Å². The van der Waals surface area contributed by atoms with Gasteiger partial charge in [-0.05, 0) is 50.2 Å². The third-order valence-corrected chi connectivity index (χ3v) is 8.80. The first-order valence-corrected chi connectivity index (χ1v) is 13.2. The molecule has 9 nitrogen and oxygen atoms in total. The predicted octanol–water partition coefficient (Wildman–Crippen LogP) is 3.12. The summed E-state index contributed by atoms with van der Waals surface area (Å²) >= 11 is 12.4. The zero-order valence-electron chi connectivity index (χ0n) is 18.3. The molecular weight excluding hydrogens is 489 g/mol. The van der Waals surface area contributed by atoms with Gasteiger partial charge in [-0.25, -0.2) is 18.1 Å². The van der Waals surface area contributed by atoms with Crippen molar-refractivity contribution in [1.29, 1.82) is 0 Å². The molecule has 2 fully saturated rings. The van der Waals surface area contributed by atoms with Gasteiger partial charge in [0.15, 0.2) is 0 Å².